The molecule has 0 amide bonds. The van der Waals surface area contributed by atoms with Crippen LogP contribution in [-0.2, 0) is 6.54 Å². The number of aromatic nitrogens is 2. The monoisotopic (exact) mass is 251 g/mol. The number of rotatable bonds is 5. The molecule has 0 unspecified atom stereocenters. The fourth-order valence-corrected chi connectivity index (χ4v) is 2.48. The van der Waals surface area contributed by atoms with E-state index in [-0.39, 0.29) is 5.78 Å². The SMILES string of the molecule is CCn1ncc(OC)c1C(=O)CC1CCNCC1. The summed E-state index contributed by atoms with van der Waals surface area (Å²) in [5, 5.41) is 7.49. The minimum Gasteiger partial charge on any atom is -0.493 e. The lowest BCUT2D eigenvalue weighted by Gasteiger charge is -2.21. The van der Waals surface area contributed by atoms with Crippen molar-refractivity contribution in [3.63, 3.8) is 0 Å². The number of hydrogen-bond donors (Lipinski definition) is 1. The summed E-state index contributed by atoms with van der Waals surface area (Å²) in [6.45, 7) is 4.70. The second-order valence-electron chi connectivity index (χ2n) is 4.70. The van der Waals surface area contributed by atoms with Crippen molar-refractivity contribution in [2.45, 2.75) is 32.7 Å². The Morgan fingerprint density at radius 1 is 1.56 bits per heavy atom. The molecule has 0 atom stereocenters. The maximum Gasteiger partial charge on any atom is 0.184 e. The molecule has 2 rings (SSSR count). The van der Waals surface area contributed by atoms with Gasteiger partial charge in [-0.05, 0) is 38.8 Å². The maximum absolute atomic E-state index is 12.4. The Morgan fingerprint density at radius 2 is 2.28 bits per heavy atom. The molecule has 1 aliphatic rings. The molecule has 0 saturated carbocycles. The second-order valence-corrected chi connectivity index (χ2v) is 4.70. The molecular formula is C13H21N3O2. The highest BCUT2D eigenvalue weighted by Gasteiger charge is 2.23. The highest BCUT2D eigenvalue weighted by molar-refractivity contribution is 5.97. The van der Waals surface area contributed by atoms with Crippen LogP contribution >= 0.6 is 0 Å². The van der Waals surface area contributed by atoms with E-state index in [0.29, 0.717) is 30.3 Å². The van der Waals surface area contributed by atoms with Gasteiger partial charge in [0.1, 0.15) is 5.69 Å². The third kappa shape index (κ3) is 2.72. The molecule has 18 heavy (non-hydrogen) atoms. The first kappa shape index (κ1) is 13.1. The third-order valence-electron chi connectivity index (χ3n) is 3.52. The normalized spacial score (nSPS) is 16.8. The van der Waals surface area contributed by atoms with E-state index >= 15 is 0 Å². The minimum absolute atomic E-state index is 0.151. The predicted octanol–water partition coefficient (Wildman–Crippen LogP) is 1.48. The zero-order valence-corrected chi connectivity index (χ0v) is 11.1. The molecular weight excluding hydrogens is 230 g/mol. The Balaban J connectivity index is 2.09. The summed E-state index contributed by atoms with van der Waals surface area (Å²) < 4.78 is 6.95. The Bertz CT molecular complexity index is 387. The summed E-state index contributed by atoms with van der Waals surface area (Å²) >= 11 is 0. The number of aryl methyl sites for hydroxylation is 1. The zero-order chi connectivity index (χ0) is 13.0. The molecule has 1 aromatic rings. The lowest BCUT2D eigenvalue weighted by atomic mass is 9.92. The van der Waals surface area contributed by atoms with Crippen LogP contribution in [0.4, 0.5) is 0 Å². The van der Waals surface area contributed by atoms with E-state index in [4.69, 9.17) is 4.74 Å². The van der Waals surface area contributed by atoms with Crippen molar-refractivity contribution in [2.75, 3.05) is 20.2 Å². The van der Waals surface area contributed by atoms with E-state index in [0.717, 1.165) is 25.9 Å². The van der Waals surface area contributed by atoms with Crippen LogP contribution in [0.15, 0.2) is 6.20 Å². The van der Waals surface area contributed by atoms with Gasteiger partial charge in [-0.2, -0.15) is 5.10 Å². The zero-order valence-electron chi connectivity index (χ0n) is 11.1. The number of nitrogens with zero attached hydrogens (tertiary/aromatic N) is 2. The van der Waals surface area contributed by atoms with Crippen molar-refractivity contribution in [1.82, 2.24) is 15.1 Å². The van der Waals surface area contributed by atoms with Crippen LogP contribution in [0.25, 0.3) is 0 Å². The van der Waals surface area contributed by atoms with Crippen LogP contribution < -0.4 is 10.1 Å². The molecule has 1 saturated heterocycles. The summed E-state index contributed by atoms with van der Waals surface area (Å²) in [4.78, 5) is 12.4. The van der Waals surface area contributed by atoms with Crippen molar-refractivity contribution in [2.24, 2.45) is 5.92 Å². The van der Waals surface area contributed by atoms with Crippen LogP contribution in [-0.4, -0.2) is 35.8 Å². The van der Waals surface area contributed by atoms with Crippen LogP contribution in [0.5, 0.6) is 5.75 Å². The van der Waals surface area contributed by atoms with E-state index in [1.54, 1.807) is 18.0 Å². The molecule has 1 N–H and O–H groups in total. The summed E-state index contributed by atoms with van der Waals surface area (Å²) in [6.07, 6.45) is 4.38. The van der Waals surface area contributed by atoms with Gasteiger partial charge in [-0.3, -0.25) is 9.48 Å². The van der Waals surface area contributed by atoms with E-state index in [2.05, 4.69) is 10.4 Å². The van der Waals surface area contributed by atoms with Gasteiger partial charge < -0.3 is 10.1 Å². The quantitative estimate of drug-likeness (QED) is 0.805. The van der Waals surface area contributed by atoms with Crippen molar-refractivity contribution >= 4 is 5.78 Å². The van der Waals surface area contributed by atoms with Crippen molar-refractivity contribution in [3.05, 3.63) is 11.9 Å². The molecule has 100 valence electrons. The number of ketones is 1. The smallest absolute Gasteiger partial charge is 0.184 e. The molecule has 1 aliphatic heterocycles. The molecule has 0 spiro atoms. The van der Waals surface area contributed by atoms with Crippen molar-refractivity contribution in [3.8, 4) is 5.75 Å². The van der Waals surface area contributed by atoms with Crippen LogP contribution in [0.1, 0.15) is 36.7 Å². The number of carbonyl (C=O) groups excluding carboxylic acids is 1. The first-order valence-electron chi connectivity index (χ1n) is 6.60. The van der Waals surface area contributed by atoms with Gasteiger partial charge in [0.25, 0.3) is 0 Å². The number of hydrogen-bond acceptors (Lipinski definition) is 4. The lowest BCUT2D eigenvalue weighted by Crippen LogP contribution is -2.29. The summed E-state index contributed by atoms with van der Waals surface area (Å²) in [5.74, 6) is 1.23. The molecule has 1 fully saturated rings. The van der Waals surface area contributed by atoms with Gasteiger partial charge in [0.15, 0.2) is 11.5 Å². The fraction of sp³-hybridized carbons (Fsp3) is 0.692. The molecule has 5 heteroatoms. The highest BCUT2D eigenvalue weighted by atomic mass is 16.5. The van der Waals surface area contributed by atoms with Gasteiger partial charge in [0.2, 0.25) is 0 Å². The van der Waals surface area contributed by atoms with Gasteiger partial charge in [-0.15, -0.1) is 0 Å². The van der Waals surface area contributed by atoms with Gasteiger partial charge in [0, 0.05) is 13.0 Å². The maximum atomic E-state index is 12.4. The Hall–Kier alpha value is -1.36. The molecule has 0 radical (unpaired) electrons. The van der Waals surface area contributed by atoms with Crippen molar-refractivity contribution in [1.29, 1.82) is 0 Å². The van der Waals surface area contributed by atoms with E-state index in [9.17, 15) is 4.79 Å². The number of nitrogens with one attached hydrogen (secondary N) is 1. The van der Waals surface area contributed by atoms with Gasteiger partial charge in [-0.1, -0.05) is 0 Å². The van der Waals surface area contributed by atoms with E-state index in [1.807, 2.05) is 6.92 Å². The Labute approximate surface area is 108 Å². The average molecular weight is 251 g/mol. The largest absolute Gasteiger partial charge is 0.493 e. The molecule has 1 aromatic heterocycles. The third-order valence-corrected chi connectivity index (χ3v) is 3.52. The summed E-state index contributed by atoms with van der Waals surface area (Å²) in [7, 11) is 1.58. The average Bonchev–Trinajstić information content (AvgIpc) is 2.82. The van der Waals surface area contributed by atoms with Crippen LogP contribution in [0, 0.1) is 5.92 Å². The molecule has 2 heterocycles. The molecule has 0 aromatic carbocycles. The first-order valence-corrected chi connectivity index (χ1v) is 6.60. The number of ether oxygens (including phenoxy) is 1. The van der Waals surface area contributed by atoms with Gasteiger partial charge in [-0.25, -0.2) is 0 Å². The van der Waals surface area contributed by atoms with E-state index < -0.39 is 0 Å². The van der Waals surface area contributed by atoms with Gasteiger partial charge >= 0.3 is 0 Å². The first-order chi connectivity index (χ1) is 8.76. The Kier molecular flexibility index (Phi) is 4.36. The fourth-order valence-electron chi connectivity index (χ4n) is 2.48. The van der Waals surface area contributed by atoms with E-state index in [1.165, 1.54) is 0 Å². The minimum atomic E-state index is 0.151. The molecule has 0 aliphatic carbocycles. The number of Topliss-reactive ketones (excluding diaryl/α,β-unsaturated/α-hetero) is 1. The van der Waals surface area contributed by atoms with Crippen molar-refractivity contribution < 1.29 is 9.53 Å². The summed E-state index contributed by atoms with van der Waals surface area (Å²) in [5.41, 5.74) is 0.624. The van der Waals surface area contributed by atoms with Crippen LogP contribution in [0.2, 0.25) is 0 Å². The Morgan fingerprint density at radius 3 is 2.89 bits per heavy atom. The standard InChI is InChI=1S/C13H21N3O2/c1-3-16-13(12(18-2)9-15-16)11(17)8-10-4-6-14-7-5-10/h9-10,14H,3-8H2,1-2H3. The molecule has 0 bridgehead atoms. The lowest BCUT2D eigenvalue weighted by molar-refractivity contribution is 0.0938. The highest BCUT2D eigenvalue weighted by Crippen LogP contribution is 2.24. The molecule has 5 nitrogen and oxygen atoms in total. The van der Waals surface area contributed by atoms with Crippen LogP contribution in [0.3, 0.4) is 0 Å². The second kappa shape index (κ2) is 6.00. The number of carbonyl (C=O) groups is 1. The topological polar surface area (TPSA) is 56.2 Å². The predicted molar refractivity (Wildman–Crippen MR) is 69.0 cm³/mol. The number of piperidine rings is 1. The number of methoxy groups -OCH3 is 1. The summed E-state index contributed by atoms with van der Waals surface area (Å²) in [6, 6.07) is 0. The van der Waals surface area contributed by atoms with Gasteiger partial charge in [0.05, 0.1) is 13.3 Å².